The number of ether oxygens (including phenoxy) is 1. The van der Waals surface area contributed by atoms with Gasteiger partial charge in [0.1, 0.15) is 6.07 Å². The molecule has 1 fully saturated rings. The second kappa shape index (κ2) is 4.91. The maximum atomic E-state index is 14.0. The molecule has 0 saturated carbocycles. The average Bonchev–Trinajstić information content (AvgIpc) is 2.77. The first-order valence-corrected chi connectivity index (χ1v) is 6.89. The predicted molar refractivity (Wildman–Crippen MR) is 70.9 cm³/mol. The van der Waals surface area contributed by atoms with E-state index in [4.69, 9.17) is 10.00 Å². The Bertz CT molecular complexity index is 671. The number of nitriles is 1. The number of rotatable bonds is 1. The highest BCUT2D eigenvalue weighted by Crippen LogP contribution is 2.32. The van der Waals surface area contributed by atoms with E-state index in [1.54, 1.807) is 16.8 Å². The molecule has 0 radical (unpaired) electrons. The summed E-state index contributed by atoms with van der Waals surface area (Å²) >= 11 is 3.26. The minimum absolute atomic E-state index is 0.242. The van der Waals surface area contributed by atoms with E-state index in [1.165, 1.54) is 0 Å². The van der Waals surface area contributed by atoms with Crippen molar-refractivity contribution in [3.05, 3.63) is 28.1 Å². The number of hydrogen-bond acceptors (Lipinski definition) is 3. The number of hydrogen-bond donors (Lipinski definition) is 0. The number of halogens is 2. The van der Waals surface area contributed by atoms with Crippen molar-refractivity contribution in [1.82, 2.24) is 9.78 Å². The van der Waals surface area contributed by atoms with Crippen LogP contribution in [0, 0.1) is 17.3 Å². The second-order valence-electron chi connectivity index (χ2n) is 4.48. The normalized spacial score (nSPS) is 19.5. The van der Waals surface area contributed by atoms with E-state index < -0.39 is 5.95 Å². The first-order chi connectivity index (χ1) is 9.22. The van der Waals surface area contributed by atoms with Crippen molar-refractivity contribution in [2.75, 3.05) is 6.61 Å². The van der Waals surface area contributed by atoms with Crippen LogP contribution >= 0.6 is 15.9 Å². The van der Waals surface area contributed by atoms with Gasteiger partial charge >= 0.3 is 0 Å². The maximum absolute atomic E-state index is 14.0. The zero-order valence-corrected chi connectivity index (χ0v) is 11.7. The molecule has 1 aromatic carbocycles. The van der Waals surface area contributed by atoms with Gasteiger partial charge in [-0.15, -0.1) is 5.10 Å². The van der Waals surface area contributed by atoms with Crippen molar-refractivity contribution in [3.8, 4) is 6.07 Å². The third kappa shape index (κ3) is 2.03. The molecule has 4 nitrogen and oxygen atoms in total. The van der Waals surface area contributed by atoms with Gasteiger partial charge in [-0.3, -0.25) is 0 Å². The van der Waals surface area contributed by atoms with Crippen LogP contribution in [0.2, 0.25) is 0 Å². The summed E-state index contributed by atoms with van der Waals surface area (Å²) in [6.07, 6.45) is 2.63. The minimum Gasteiger partial charge on any atom is -0.356 e. The molecule has 0 spiro atoms. The summed E-state index contributed by atoms with van der Waals surface area (Å²) in [4.78, 5) is 0. The largest absolute Gasteiger partial charge is 0.356 e. The lowest BCUT2D eigenvalue weighted by Crippen LogP contribution is -2.19. The van der Waals surface area contributed by atoms with Gasteiger partial charge in [0, 0.05) is 11.1 Å². The maximum Gasteiger partial charge on any atom is 0.241 e. The molecule has 98 valence electrons. The number of benzene rings is 1. The van der Waals surface area contributed by atoms with Gasteiger partial charge in [0.05, 0.1) is 16.5 Å². The third-order valence-electron chi connectivity index (χ3n) is 3.32. The van der Waals surface area contributed by atoms with Gasteiger partial charge in [0.15, 0.2) is 6.23 Å². The summed E-state index contributed by atoms with van der Waals surface area (Å²) in [7, 11) is 0. The zero-order chi connectivity index (χ0) is 13.4. The van der Waals surface area contributed by atoms with Crippen LogP contribution in [0.5, 0.6) is 0 Å². The molecule has 3 rings (SSSR count). The van der Waals surface area contributed by atoms with Crippen LogP contribution in [0.15, 0.2) is 16.6 Å². The molecule has 1 aliphatic rings. The van der Waals surface area contributed by atoms with Crippen LogP contribution in [0.3, 0.4) is 0 Å². The van der Waals surface area contributed by atoms with Gasteiger partial charge in [-0.2, -0.15) is 9.65 Å². The minimum atomic E-state index is -0.623. The molecule has 1 aromatic heterocycles. The van der Waals surface area contributed by atoms with E-state index >= 15 is 0 Å². The first-order valence-electron chi connectivity index (χ1n) is 6.10. The molecule has 1 aliphatic heterocycles. The summed E-state index contributed by atoms with van der Waals surface area (Å²) in [5.74, 6) is -0.623. The lowest BCUT2D eigenvalue weighted by Gasteiger charge is -2.23. The van der Waals surface area contributed by atoms with E-state index in [0.717, 1.165) is 19.3 Å². The van der Waals surface area contributed by atoms with Crippen LogP contribution in [0.4, 0.5) is 4.39 Å². The Hall–Kier alpha value is -1.45. The quantitative estimate of drug-likeness (QED) is 0.807. The second-order valence-corrected chi connectivity index (χ2v) is 5.34. The van der Waals surface area contributed by atoms with Crippen molar-refractivity contribution in [2.24, 2.45) is 0 Å². The molecule has 0 amide bonds. The standard InChI is InChI=1S/C13H11BrFN3O/c14-9-4-5-10-12(8(9)7-16)13(15)17-18(10)11-3-1-2-6-19-11/h4-5,11H,1-3,6H2. The van der Waals surface area contributed by atoms with Crippen LogP contribution in [-0.4, -0.2) is 16.4 Å². The number of nitrogens with zero attached hydrogens (tertiary/aromatic N) is 3. The fraction of sp³-hybridized carbons (Fsp3) is 0.385. The molecular formula is C13H11BrFN3O. The van der Waals surface area contributed by atoms with Crippen molar-refractivity contribution >= 4 is 26.8 Å². The summed E-state index contributed by atoms with van der Waals surface area (Å²) in [6, 6.07) is 5.51. The molecular weight excluding hydrogens is 313 g/mol. The van der Waals surface area contributed by atoms with Gasteiger partial charge < -0.3 is 4.74 Å². The molecule has 1 atom stereocenters. The fourth-order valence-electron chi connectivity index (χ4n) is 2.41. The zero-order valence-electron chi connectivity index (χ0n) is 10.1. The lowest BCUT2D eigenvalue weighted by atomic mass is 10.1. The molecule has 19 heavy (non-hydrogen) atoms. The molecule has 6 heteroatoms. The van der Waals surface area contributed by atoms with Gasteiger partial charge in [0.2, 0.25) is 5.95 Å². The fourth-order valence-corrected chi connectivity index (χ4v) is 2.83. The van der Waals surface area contributed by atoms with Crippen molar-refractivity contribution < 1.29 is 9.13 Å². The van der Waals surface area contributed by atoms with E-state index in [-0.39, 0.29) is 17.2 Å². The highest BCUT2D eigenvalue weighted by Gasteiger charge is 2.23. The Kier molecular flexibility index (Phi) is 3.25. The predicted octanol–water partition coefficient (Wildman–Crippen LogP) is 3.51. The highest BCUT2D eigenvalue weighted by atomic mass is 79.9. The lowest BCUT2D eigenvalue weighted by molar-refractivity contribution is -0.0375. The first kappa shape index (κ1) is 12.6. The van der Waals surface area contributed by atoms with Gasteiger partial charge in [0.25, 0.3) is 0 Å². The van der Waals surface area contributed by atoms with E-state index in [2.05, 4.69) is 21.0 Å². The third-order valence-corrected chi connectivity index (χ3v) is 3.98. The van der Waals surface area contributed by atoms with Crippen LogP contribution in [0.1, 0.15) is 31.1 Å². The molecule has 2 heterocycles. The van der Waals surface area contributed by atoms with E-state index in [0.29, 0.717) is 16.6 Å². The van der Waals surface area contributed by atoms with Crippen LogP contribution < -0.4 is 0 Å². The Morgan fingerprint density at radius 3 is 3.00 bits per heavy atom. The molecule has 0 N–H and O–H groups in total. The molecule has 2 aromatic rings. The van der Waals surface area contributed by atoms with E-state index in [1.807, 2.05) is 6.07 Å². The summed E-state index contributed by atoms with van der Waals surface area (Å²) in [6.45, 7) is 0.662. The average molecular weight is 324 g/mol. The molecule has 0 bridgehead atoms. The summed E-state index contributed by atoms with van der Waals surface area (Å²) < 4.78 is 21.8. The molecule has 1 unspecified atom stereocenters. The Labute approximate surface area is 117 Å². The van der Waals surface area contributed by atoms with Gasteiger partial charge in [-0.1, -0.05) is 0 Å². The van der Waals surface area contributed by atoms with Crippen molar-refractivity contribution in [3.63, 3.8) is 0 Å². The number of fused-ring (bicyclic) bond motifs is 1. The Morgan fingerprint density at radius 1 is 1.47 bits per heavy atom. The van der Waals surface area contributed by atoms with Crippen LogP contribution in [-0.2, 0) is 4.74 Å². The topological polar surface area (TPSA) is 50.8 Å². The Balaban J connectivity index is 2.20. The van der Waals surface area contributed by atoms with Crippen LogP contribution in [0.25, 0.3) is 10.9 Å². The highest BCUT2D eigenvalue weighted by molar-refractivity contribution is 9.10. The summed E-state index contributed by atoms with van der Waals surface area (Å²) in [5.41, 5.74) is 0.876. The summed E-state index contributed by atoms with van der Waals surface area (Å²) in [5, 5.41) is 13.3. The molecule has 1 saturated heterocycles. The van der Waals surface area contributed by atoms with E-state index in [9.17, 15) is 4.39 Å². The van der Waals surface area contributed by atoms with Crippen molar-refractivity contribution in [2.45, 2.75) is 25.5 Å². The Morgan fingerprint density at radius 2 is 2.32 bits per heavy atom. The van der Waals surface area contributed by atoms with Gasteiger partial charge in [-0.25, -0.2) is 4.68 Å². The van der Waals surface area contributed by atoms with Gasteiger partial charge in [-0.05, 0) is 47.3 Å². The number of aromatic nitrogens is 2. The monoisotopic (exact) mass is 323 g/mol. The molecule has 0 aliphatic carbocycles. The van der Waals surface area contributed by atoms with Crippen molar-refractivity contribution in [1.29, 1.82) is 5.26 Å². The smallest absolute Gasteiger partial charge is 0.241 e. The SMILES string of the molecule is N#Cc1c(Br)ccc2c1c(F)nn2C1CCCCO1.